The molecule has 1 N–H and O–H groups in total. The molecule has 5 aromatic rings. The second-order valence-corrected chi connectivity index (χ2v) is 8.45. The molecule has 2 aromatic heterocycles. The molecule has 0 aliphatic carbocycles. The van der Waals surface area contributed by atoms with Crippen molar-refractivity contribution in [2.45, 2.75) is 10.9 Å². The van der Waals surface area contributed by atoms with Crippen LogP contribution in [0.5, 0.6) is 5.75 Å². The Labute approximate surface area is 193 Å². The molecule has 0 spiro atoms. The van der Waals surface area contributed by atoms with Gasteiger partial charge in [-0.25, -0.2) is 14.4 Å². The summed E-state index contributed by atoms with van der Waals surface area (Å²) in [6, 6.07) is 19.9. The van der Waals surface area contributed by atoms with Crippen molar-refractivity contribution >= 4 is 34.4 Å². The molecular weight excluding hydrogens is 447 g/mol. The van der Waals surface area contributed by atoms with Crippen LogP contribution in [0.3, 0.4) is 0 Å². The van der Waals surface area contributed by atoms with Gasteiger partial charge in [-0.1, -0.05) is 35.5 Å². The van der Waals surface area contributed by atoms with Crippen molar-refractivity contribution in [3.05, 3.63) is 89.6 Å². The van der Waals surface area contributed by atoms with Crippen LogP contribution in [0.25, 0.3) is 28.0 Å². The number of hydrogen-bond acceptors (Lipinski definition) is 4. The van der Waals surface area contributed by atoms with Crippen molar-refractivity contribution in [1.29, 1.82) is 0 Å². The predicted octanol–water partition coefficient (Wildman–Crippen LogP) is 6.51. The number of H-pyrrole nitrogens is 1. The minimum Gasteiger partial charge on any atom is -0.496 e. The SMILES string of the molecule is COc1cc(F)ccc1-c1cnc(SCc2nc3ccccc3[nH]2)n1-c1ccc(Cl)cc1. The molecule has 32 heavy (non-hydrogen) atoms. The number of nitrogens with one attached hydrogen (secondary N) is 1. The standard InChI is InChI=1S/C24H18ClFN4OS/c1-31-22-12-16(26)8-11-18(22)21-13-27-24(30(21)17-9-6-15(25)7-10-17)32-14-23-28-19-4-2-3-5-20(19)29-23/h2-13H,14H2,1H3,(H,28,29). The average Bonchev–Trinajstić information content (AvgIpc) is 3.42. The van der Waals surface area contributed by atoms with Crippen molar-refractivity contribution in [1.82, 2.24) is 19.5 Å². The van der Waals surface area contributed by atoms with Crippen molar-refractivity contribution in [2.75, 3.05) is 7.11 Å². The number of benzene rings is 3. The number of aromatic nitrogens is 4. The summed E-state index contributed by atoms with van der Waals surface area (Å²) in [5.41, 5.74) is 4.35. The molecule has 8 heteroatoms. The molecule has 0 aliphatic heterocycles. The van der Waals surface area contributed by atoms with Gasteiger partial charge in [-0.2, -0.15) is 0 Å². The van der Waals surface area contributed by atoms with Crippen LogP contribution >= 0.6 is 23.4 Å². The molecule has 2 heterocycles. The zero-order valence-corrected chi connectivity index (χ0v) is 18.6. The van der Waals surface area contributed by atoms with E-state index in [9.17, 15) is 4.39 Å². The van der Waals surface area contributed by atoms with E-state index in [0.29, 0.717) is 16.5 Å². The predicted molar refractivity (Wildman–Crippen MR) is 126 cm³/mol. The number of fused-ring (bicyclic) bond motifs is 1. The Hall–Kier alpha value is -3.29. The number of aromatic amines is 1. The number of methoxy groups -OCH3 is 1. The smallest absolute Gasteiger partial charge is 0.173 e. The third kappa shape index (κ3) is 3.97. The average molecular weight is 465 g/mol. The second-order valence-electron chi connectivity index (χ2n) is 7.07. The third-order valence-electron chi connectivity index (χ3n) is 5.03. The number of ether oxygens (including phenoxy) is 1. The van der Waals surface area contributed by atoms with E-state index in [4.69, 9.17) is 16.3 Å². The molecule has 0 aliphatic rings. The van der Waals surface area contributed by atoms with Gasteiger partial charge in [-0.15, -0.1) is 0 Å². The third-order valence-corrected chi connectivity index (χ3v) is 6.25. The highest BCUT2D eigenvalue weighted by molar-refractivity contribution is 7.98. The first-order chi connectivity index (χ1) is 15.6. The summed E-state index contributed by atoms with van der Waals surface area (Å²) in [6.45, 7) is 0. The molecule has 5 rings (SSSR count). The number of rotatable bonds is 6. The lowest BCUT2D eigenvalue weighted by Gasteiger charge is -2.14. The van der Waals surface area contributed by atoms with E-state index < -0.39 is 0 Å². The number of imidazole rings is 2. The molecule has 160 valence electrons. The second kappa shape index (κ2) is 8.68. The van der Waals surface area contributed by atoms with Gasteiger partial charge in [-0.3, -0.25) is 4.57 Å². The lowest BCUT2D eigenvalue weighted by Crippen LogP contribution is -2.01. The molecule has 0 atom stereocenters. The highest BCUT2D eigenvalue weighted by atomic mass is 35.5. The van der Waals surface area contributed by atoms with Gasteiger partial charge in [0.15, 0.2) is 5.16 Å². The van der Waals surface area contributed by atoms with Crippen LogP contribution < -0.4 is 4.74 Å². The number of para-hydroxylation sites is 2. The number of halogens is 2. The molecule has 0 bridgehead atoms. The quantitative estimate of drug-likeness (QED) is 0.291. The topological polar surface area (TPSA) is 55.7 Å². The molecule has 3 aromatic carbocycles. The van der Waals surface area contributed by atoms with Crippen LogP contribution in [0.1, 0.15) is 5.82 Å². The summed E-state index contributed by atoms with van der Waals surface area (Å²) in [4.78, 5) is 12.7. The highest BCUT2D eigenvalue weighted by Gasteiger charge is 2.18. The summed E-state index contributed by atoms with van der Waals surface area (Å²) >= 11 is 7.67. The zero-order valence-electron chi connectivity index (χ0n) is 17.0. The van der Waals surface area contributed by atoms with Crippen LogP contribution in [-0.4, -0.2) is 26.6 Å². The number of nitrogens with zero attached hydrogens (tertiary/aromatic N) is 3. The number of thioether (sulfide) groups is 1. The van der Waals surface area contributed by atoms with Gasteiger partial charge in [0.1, 0.15) is 17.4 Å². The number of hydrogen-bond donors (Lipinski definition) is 1. The zero-order chi connectivity index (χ0) is 22.1. The van der Waals surface area contributed by atoms with Crippen LogP contribution in [0.15, 0.2) is 78.1 Å². The Balaban J connectivity index is 1.56. The lowest BCUT2D eigenvalue weighted by atomic mass is 10.1. The maximum atomic E-state index is 13.8. The van der Waals surface area contributed by atoms with E-state index in [-0.39, 0.29) is 5.82 Å². The molecule has 0 radical (unpaired) electrons. The van der Waals surface area contributed by atoms with E-state index in [0.717, 1.165) is 39.0 Å². The molecule has 0 fully saturated rings. The van der Waals surface area contributed by atoms with Gasteiger partial charge in [0, 0.05) is 22.3 Å². The van der Waals surface area contributed by atoms with E-state index in [1.807, 2.05) is 53.1 Å². The van der Waals surface area contributed by atoms with Crippen molar-refractivity contribution in [2.24, 2.45) is 0 Å². The minimum atomic E-state index is -0.359. The minimum absolute atomic E-state index is 0.359. The highest BCUT2D eigenvalue weighted by Crippen LogP contribution is 2.36. The maximum Gasteiger partial charge on any atom is 0.173 e. The Kier molecular flexibility index (Phi) is 5.59. The fraction of sp³-hybridized carbons (Fsp3) is 0.0833. The van der Waals surface area contributed by atoms with Crippen LogP contribution in [0, 0.1) is 5.82 Å². The van der Waals surface area contributed by atoms with Gasteiger partial charge in [0.05, 0.1) is 35.8 Å². The van der Waals surface area contributed by atoms with E-state index in [1.54, 1.807) is 24.0 Å². The van der Waals surface area contributed by atoms with Crippen LogP contribution in [0.2, 0.25) is 5.02 Å². The molecule has 5 nitrogen and oxygen atoms in total. The van der Waals surface area contributed by atoms with Crippen LogP contribution in [-0.2, 0) is 5.75 Å². The summed E-state index contributed by atoms with van der Waals surface area (Å²) in [7, 11) is 1.53. The first-order valence-electron chi connectivity index (χ1n) is 9.86. The van der Waals surface area contributed by atoms with Gasteiger partial charge < -0.3 is 9.72 Å². The summed E-state index contributed by atoms with van der Waals surface area (Å²) in [6.07, 6.45) is 1.77. The van der Waals surface area contributed by atoms with E-state index in [2.05, 4.69) is 15.0 Å². The Morgan fingerprint density at radius 2 is 1.91 bits per heavy atom. The van der Waals surface area contributed by atoms with Crippen molar-refractivity contribution in [3.63, 3.8) is 0 Å². The van der Waals surface area contributed by atoms with Crippen molar-refractivity contribution < 1.29 is 9.13 Å². The maximum absolute atomic E-state index is 13.8. The fourth-order valence-corrected chi connectivity index (χ4v) is 4.54. The molecule has 0 saturated carbocycles. The lowest BCUT2D eigenvalue weighted by molar-refractivity contribution is 0.412. The first kappa shape index (κ1) is 20.6. The van der Waals surface area contributed by atoms with E-state index >= 15 is 0 Å². The Morgan fingerprint density at radius 3 is 2.69 bits per heavy atom. The molecule has 0 saturated heterocycles. The van der Waals surface area contributed by atoms with Crippen molar-refractivity contribution in [3.8, 4) is 22.7 Å². The Morgan fingerprint density at radius 1 is 1.09 bits per heavy atom. The van der Waals surface area contributed by atoms with Gasteiger partial charge in [0.2, 0.25) is 0 Å². The van der Waals surface area contributed by atoms with E-state index in [1.165, 1.54) is 19.2 Å². The molecule has 0 unspecified atom stereocenters. The first-order valence-corrected chi connectivity index (χ1v) is 11.2. The van der Waals surface area contributed by atoms with Gasteiger partial charge in [0.25, 0.3) is 0 Å². The largest absolute Gasteiger partial charge is 0.496 e. The van der Waals surface area contributed by atoms with Gasteiger partial charge in [-0.05, 0) is 48.5 Å². The van der Waals surface area contributed by atoms with Crippen LogP contribution in [0.4, 0.5) is 4.39 Å². The molecular formula is C24H18ClFN4OS. The Bertz CT molecular complexity index is 1360. The normalized spacial score (nSPS) is 11.2. The summed E-state index contributed by atoms with van der Waals surface area (Å²) in [5.74, 6) is 1.55. The monoisotopic (exact) mass is 464 g/mol. The van der Waals surface area contributed by atoms with Gasteiger partial charge >= 0.3 is 0 Å². The summed E-state index contributed by atoms with van der Waals surface area (Å²) < 4.78 is 21.2. The molecule has 0 amide bonds. The fourth-order valence-electron chi connectivity index (χ4n) is 3.55. The summed E-state index contributed by atoms with van der Waals surface area (Å²) in [5, 5.41) is 1.42.